The van der Waals surface area contributed by atoms with Gasteiger partial charge in [0.15, 0.2) is 0 Å². The van der Waals surface area contributed by atoms with E-state index in [1.165, 1.54) is 57.8 Å². The summed E-state index contributed by atoms with van der Waals surface area (Å²) in [4.78, 5) is 26.8. The molecule has 0 saturated carbocycles. The number of esters is 1. The number of carbonyl (C=O) groups is 2. The summed E-state index contributed by atoms with van der Waals surface area (Å²) >= 11 is 1.59. The lowest BCUT2D eigenvalue weighted by Gasteiger charge is -2.22. The first-order valence-corrected chi connectivity index (χ1v) is 14.4. The van der Waals surface area contributed by atoms with E-state index in [9.17, 15) is 9.59 Å². The maximum atomic E-state index is 13.0. The number of anilines is 1. The minimum atomic E-state index is -0.494. The number of amides is 1. The van der Waals surface area contributed by atoms with E-state index in [0.717, 1.165) is 25.1 Å². The zero-order chi connectivity index (χ0) is 24.4. The van der Waals surface area contributed by atoms with Crippen molar-refractivity contribution in [1.82, 2.24) is 4.90 Å². The molecule has 1 amide bonds. The van der Waals surface area contributed by atoms with Crippen LogP contribution < -0.4 is 5.32 Å². The molecule has 0 bridgehead atoms. The summed E-state index contributed by atoms with van der Waals surface area (Å²) < 4.78 is 5.14. The van der Waals surface area contributed by atoms with E-state index in [-0.39, 0.29) is 11.9 Å². The van der Waals surface area contributed by atoms with E-state index in [1.807, 2.05) is 24.3 Å². The van der Waals surface area contributed by atoms with Crippen molar-refractivity contribution < 1.29 is 14.3 Å². The Kier molecular flexibility index (Phi) is 14.5. The van der Waals surface area contributed by atoms with Crippen LogP contribution >= 0.6 is 11.8 Å². The summed E-state index contributed by atoms with van der Waals surface area (Å²) in [5, 5.41) is 3.42. The predicted molar refractivity (Wildman–Crippen MR) is 144 cm³/mol. The fourth-order valence-corrected chi connectivity index (χ4v) is 5.23. The molecule has 1 atom stereocenters. The molecule has 1 N–H and O–H groups in total. The topological polar surface area (TPSA) is 58.6 Å². The molecule has 1 heterocycles. The minimum Gasteiger partial charge on any atom is -0.464 e. The minimum absolute atomic E-state index is 0.115. The van der Waals surface area contributed by atoms with Gasteiger partial charge in [-0.25, -0.2) is 4.79 Å². The van der Waals surface area contributed by atoms with Gasteiger partial charge < -0.3 is 15.0 Å². The molecular weight excluding hydrogens is 444 g/mol. The average molecular weight is 489 g/mol. The number of nitrogens with one attached hydrogen (secondary N) is 1. The van der Waals surface area contributed by atoms with Gasteiger partial charge in [-0.15, -0.1) is 11.8 Å². The Morgan fingerprint density at radius 2 is 1.74 bits per heavy atom. The lowest BCUT2D eigenvalue weighted by Crippen LogP contribution is -2.42. The van der Waals surface area contributed by atoms with Gasteiger partial charge in [-0.1, -0.05) is 70.1 Å². The molecule has 1 aliphatic heterocycles. The lowest BCUT2D eigenvalue weighted by atomic mass is 10.1. The Morgan fingerprint density at radius 3 is 2.47 bits per heavy atom. The summed E-state index contributed by atoms with van der Waals surface area (Å²) in [5.41, 5.74) is 1.54. The molecule has 6 heteroatoms. The number of rotatable bonds is 17. The van der Waals surface area contributed by atoms with E-state index in [2.05, 4.69) is 24.4 Å². The lowest BCUT2D eigenvalue weighted by molar-refractivity contribution is -0.147. The highest BCUT2D eigenvalue weighted by atomic mass is 32.2. The van der Waals surface area contributed by atoms with Gasteiger partial charge in [0, 0.05) is 23.5 Å². The molecule has 1 unspecified atom stereocenters. The van der Waals surface area contributed by atoms with Crippen molar-refractivity contribution in [1.29, 1.82) is 0 Å². The molecule has 2 rings (SSSR count). The number of ether oxygens (including phenoxy) is 1. The molecular formula is C28H44N2O3S. The van der Waals surface area contributed by atoms with Crippen LogP contribution in [0.15, 0.2) is 36.4 Å². The highest BCUT2D eigenvalue weighted by molar-refractivity contribution is 7.99. The average Bonchev–Trinajstić information content (AvgIpc) is 3.34. The fraction of sp³-hybridized carbons (Fsp3) is 0.643. The number of hydrogen-bond donors (Lipinski definition) is 1. The summed E-state index contributed by atoms with van der Waals surface area (Å²) in [6.45, 7) is 5.25. The van der Waals surface area contributed by atoms with Crippen molar-refractivity contribution >= 4 is 29.3 Å². The van der Waals surface area contributed by atoms with Crippen LogP contribution in [0.2, 0.25) is 0 Å². The predicted octanol–water partition coefficient (Wildman–Crippen LogP) is 7.04. The van der Waals surface area contributed by atoms with Crippen molar-refractivity contribution in [2.75, 3.05) is 30.1 Å². The van der Waals surface area contributed by atoms with Crippen LogP contribution in [0, 0.1) is 0 Å². The van der Waals surface area contributed by atoms with Crippen LogP contribution in [0.25, 0.3) is 0 Å². The second-order valence-electron chi connectivity index (χ2n) is 8.93. The highest BCUT2D eigenvalue weighted by Crippen LogP contribution is 2.25. The van der Waals surface area contributed by atoms with Gasteiger partial charge in [-0.2, -0.15) is 0 Å². The van der Waals surface area contributed by atoms with Gasteiger partial charge in [-0.05, 0) is 50.8 Å². The standard InChI is InChI=1S/C28H44N2O3S/c1-3-5-6-7-8-9-10-11-12-13-14-15-16-20-29-25-19-17-18-24(21-25)27(31)30-23-34-22-26(30)28(32)33-4-2/h13-14,17-19,21,26,29H,3-12,15-16,20,22-23H2,1-2H3. The highest BCUT2D eigenvalue weighted by Gasteiger charge is 2.36. The third-order valence-electron chi connectivity index (χ3n) is 6.08. The Morgan fingerprint density at radius 1 is 1.03 bits per heavy atom. The second-order valence-corrected chi connectivity index (χ2v) is 9.93. The van der Waals surface area contributed by atoms with Crippen molar-refractivity contribution in [3.8, 4) is 0 Å². The Balaban J connectivity index is 1.62. The Hall–Kier alpha value is -1.95. The molecule has 0 spiro atoms. The first kappa shape index (κ1) is 28.3. The molecule has 0 aromatic heterocycles. The maximum Gasteiger partial charge on any atom is 0.329 e. The molecule has 190 valence electrons. The number of benzene rings is 1. The van der Waals surface area contributed by atoms with E-state index in [0.29, 0.717) is 23.8 Å². The first-order valence-electron chi connectivity index (χ1n) is 13.2. The van der Waals surface area contributed by atoms with Gasteiger partial charge in [0.05, 0.1) is 12.5 Å². The molecule has 1 aromatic rings. The van der Waals surface area contributed by atoms with Gasteiger partial charge in [-0.3, -0.25) is 4.79 Å². The molecule has 0 aliphatic carbocycles. The largest absolute Gasteiger partial charge is 0.464 e. The Labute approximate surface area is 211 Å². The molecule has 1 fully saturated rings. The SMILES string of the molecule is CCCCCCCCCCC=CCCCNc1cccc(C(=O)N2CSCC2C(=O)OCC)c1. The quantitative estimate of drug-likeness (QED) is 0.145. The smallest absolute Gasteiger partial charge is 0.329 e. The van der Waals surface area contributed by atoms with Gasteiger partial charge >= 0.3 is 5.97 Å². The molecule has 1 aromatic carbocycles. The molecule has 1 saturated heterocycles. The number of allylic oxidation sites excluding steroid dienone is 2. The maximum absolute atomic E-state index is 13.0. The third-order valence-corrected chi connectivity index (χ3v) is 7.09. The van der Waals surface area contributed by atoms with E-state index >= 15 is 0 Å². The van der Waals surface area contributed by atoms with E-state index < -0.39 is 6.04 Å². The van der Waals surface area contributed by atoms with Crippen LogP contribution in [0.3, 0.4) is 0 Å². The number of nitrogens with zero attached hydrogens (tertiary/aromatic N) is 1. The number of unbranched alkanes of at least 4 members (excludes halogenated alkanes) is 9. The van der Waals surface area contributed by atoms with Crippen LogP contribution in [-0.2, 0) is 9.53 Å². The van der Waals surface area contributed by atoms with Crippen LogP contribution in [0.4, 0.5) is 5.69 Å². The molecule has 5 nitrogen and oxygen atoms in total. The van der Waals surface area contributed by atoms with Crippen molar-refractivity contribution in [3.63, 3.8) is 0 Å². The summed E-state index contributed by atoms with van der Waals surface area (Å²) in [7, 11) is 0. The van der Waals surface area contributed by atoms with Gasteiger partial charge in [0.25, 0.3) is 5.91 Å². The van der Waals surface area contributed by atoms with E-state index in [4.69, 9.17) is 4.74 Å². The summed E-state index contributed by atoms with van der Waals surface area (Å²) in [6, 6.07) is 7.07. The molecule has 34 heavy (non-hydrogen) atoms. The van der Waals surface area contributed by atoms with Gasteiger partial charge in [0.2, 0.25) is 0 Å². The normalized spacial score (nSPS) is 15.7. The van der Waals surface area contributed by atoms with Crippen molar-refractivity contribution in [2.45, 2.75) is 90.5 Å². The zero-order valence-corrected chi connectivity index (χ0v) is 22.0. The Bertz CT molecular complexity index is 753. The second kappa shape index (κ2) is 17.5. The fourth-order valence-electron chi connectivity index (χ4n) is 4.09. The van der Waals surface area contributed by atoms with Gasteiger partial charge in [0.1, 0.15) is 6.04 Å². The van der Waals surface area contributed by atoms with E-state index in [1.54, 1.807) is 23.6 Å². The molecule has 1 aliphatic rings. The van der Waals surface area contributed by atoms with Crippen molar-refractivity contribution in [3.05, 3.63) is 42.0 Å². The zero-order valence-electron chi connectivity index (χ0n) is 21.2. The third kappa shape index (κ3) is 10.5. The van der Waals surface area contributed by atoms with Crippen LogP contribution in [-0.4, -0.2) is 47.6 Å². The monoisotopic (exact) mass is 488 g/mol. The van der Waals surface area contributed by atoms with Crippen LogP contribution in [0.5, 0.6) is 0 Å². The van der Waals surface area contributed by atoms with Crippen LogP contribution in [0.1, 0.15) is 94.8 Å². The number of thioether (sulfide) groups is 1. The summed E-state index contributed by atoms with van der Waals surface area (Å²) in [5.74, 6) is 0.682. The first-order chi connectivity index (χ1) is 16.7. The van der Waals surface area contributed by atoms with Crippen molar-refractivity contribution in [2.24, 2.45) is 0 Å². The molecule has 0 radical (unpaired) electrons. The number of hydrogen-bond acceptors (Lipinski definition) is 5. The number of carbonyl (C=O) groups excluding carboxylic acids is 2. The summed E-state index contributed by atoms with van der Waals surface area (Å²) in [6.07, 6.45) is 18.9.